The van der Waals surface area contributed by atoms with Crippen molar-refractivity contribution in [3.05, 3.63) is 60.2 Å². The number of nitrogens with one attached hydrogen (secondary N) is 2. The number of benzene rings is 2. The van der Waals surface area contributed by atoms with Crippen molar-refractivity contribution in [1.29, 1.82) is 0 Å². The van der Waals surface area contributed by atoms with Gasteiger partial charge in [-0.25, -0.2) is 4.79 Å². The van der Waals surface area contributed by atoms with E-state index in [1.807, 2.05) is 30.3 Å². The molecule has 3 aromatic rings. The molecule has 28 heavy (non-hydrogen) atoms. The van der Waals surface area contributed by atoms with Gasteiger partial charge in [0.1, 0.15) is 0 Å². The van der Waals surface area contributed by atoms with Crippen LogP contribution in [0.1, 0.15) is 23.2 Å². The Bertz CT molecular complexity index is 956. The van der Waals surface area contributed by atoms with Gasteiger partial charge in [-0.3, -0.25) is 0 Å². The Labute approximate surface area is 162 Å². The highest BCUT2D eigenvalue weighted by Gasteiger charge is 2.17. The first-order valence-electron chi connectivity index (χ1n) is 9.11. The lowest BCUT2D eigenvalue weighted by Crippen LogP contribution is -2.21. The predicted molar refractivity (Wildman–Crippen MR) is 108 cm³/mol. The van der Waals surface area contributed by atoms with Gasteiger partial charge in [-0.2, -0.15) is 15.0 Å². The standard InChI is InChI=1S/C20H20N6O2/c27-17(28)14-8-10-16(11-9-14)22-19-23-18(21-15-6-2-1-3-7-15)24-20(25-19)26-12-4-5-13-26/h1-3,6-11H,4-5,12-13H2,(H,27,28)(H2,21,22,23,24,25). The molecule has 0 amide bonds. The Balaban J connectivity index is 1.62. The zero-order chi connectivity index (χ0) is 19.3. The number of anilines is 5. The number of carbonyl (C=O) groups is 1. The molecule has 142 valence electrons. The van der Waals surface area contributed by atoms with Crippen LogP contribution in [0.3, 0.4) is 0 Å². The molecular weight excluding hydrogens is 356 g/mol. The van der Waals surface area contributed by atoms with Crippen LogP contribution < -0.4 is 15.5 Å². The van der Waals surface area contributed by atoms with Crippen LogP contribution in [0.5, 0.6) is 0 Å². The first-order chi connectivity index (χ1) is 13.7. The van der Waals surface area contributed by atoms with Crippen LogP contribution in [0.4, 0.5) is 29.2 Å². The molecule has 0 bridgehead atoms. The van der Waals surface area contributed by atoms with Gasteiger partial charge in [0, 0.05) is 24.5 Å². The zero-order valence-corrected chi connectivity index (χ0v) is 15.2. The Kier molecular flexibility index (Phi) is 5.01. The normalized spacial score (nSPS) is 13.4. The van der Waals surface area contributed by atoms with E-state index in [0.717, 1.165) is 31.6 Å². The van der Waals surface area contributed by atoms with Gasteiger partial charge in [-0.15, -0.1) is 0 Å². The second kappa shape index (κ2) is 7.91. The minimum absolute atomic E-state index is 0.227. The average molecular weight is 376 g/mol. The maximum Gasteiger partial charge on any atom is 0.335 e. The summed E-state index contributed by atoms with van der Waals surface area (Å²) in [4.78, 5) is 26.7. The lowest BCUT2D eigenvalue weighted by atomic mass is 10.2. The number of para-hydroxylation sites is 1. The second-order valence-electron chi connectivity index (χ2n) is 6.48. The Hall–Kier alpha value is -3.68. The average Bonchev–Trinajstić information content (AvgIpc) is 3.24. The molecule has 0 atom stereocenters. The second-order valence-corrected chi connectivity index (χ2v) is 6.48. The minimum Gasteiger partial charge on any atom is -0.478 e. The molecular formula is C20H20N6O2. The summed E-state index contributed by atoms with van der Waals surface area (Å²) in [5.41, 5.74) is 1.82. The lowest BCUT2D eigenvalue weighted by molar-refractivity contribution is 0.0697. The van der Waals surface area contributed by atoms with Crippen molar-refractivity contribution in [2.24, 2.45) is 0 Å². The molecule has 0 aliphatic carbocycles. The molecule has 0 saturated carbocycles. The van der Waals surface area contributed by atoms with Crippen molar-refractivity contribution in [2.45, 2.75) is 12.8 Å². The van der Waals surface area contributed by atoms with Crippen LogP contribution in [0, 0.1) is 0 Å². The first-order valence-corrected chi connectivity index (χ1v) is 9.11. The summed E-state index contributed by atoms with van der Waals surface area (Å²) >= 11 is 0. The lowest BCUT2D eigenvalue weighted by Gasteiger charge is -2.17. The number of hydrogen-bond donors (Lipinski definition) is 3. The maximum absolute atomic E-state index is 11.0. The summed E-state index contributed by atoms with van der Waals surface area (Å²) in [6.07, 6.45) is 2.24. The van der Waals surface area contributed by atoms with Crippen LogP contribution in [-0.2, 0) is 0 Å². The molecule has 0 radical (unpaired) electrons. The van der Waals surface area contributed by atoms with Crippen LogP contribution >= 0.6 is 0 Å². The van der Waals surface area contributed by atoms with Crippen molar-refractivity contribution < 1.29 is 9.90 Å². The predicted octanol–water partition coefficient (Wildman–Crippen LogP) is 3.66. The van der Waals surface area contributed by atoms with Gasteiger partial charge < -0.3 is 20.6 Å². The van der Waals surface area contributed by atoms with Gasteiger partial charge in [0.2, 0.25) is 17.8 Å². The molecule has 1 fully saturated rings. The summed E-state index contributed by atoms with van der Waals surface area (Å²) < 4.78 is 0. The number of aromatic carboxylic acids is 1. The number of nitrogens with zero attached hydrogens (tertiary/aromatic N) is 4. The van der Waals surface area contributed by atoms with Crippen molar-refractivity contribution in [2.75, 3.05) is 28.6 Å². The molecule has 1 aliphatic heterocycles. The van der Waals surface area contributed by atoms with E-state index >= 15 is 0 Å². The molecule has 3 N–H and O–H groups in total. The van der Waals surface area contributed by atoms with Gasteiger partial charge in [0.05, 0.1) is 5.56 Å². The molecule has 2 heterocycles. The van der Waals surface area contributed by atoms with E-state index in [9.17, 15) is 4.79 Å². The number of carboxylic acids is 1. The van der Waals surface area contributed by atoms with E-state index in [4.69, 9.17) is 5.11 Å². The molecule has 1 aliphatic rings. The fourth-order valence-electron chi connectivity index (χ4n) is 3.01. The van der Waals surface area contributed by atoms with E-state index < -0.39 is 5.97 Å². The molecule has 0 spiro atoms. The number of aromatic nitrogens is 3. The van der Waals surface area contributed by atoms with Gasteiger partial charge in [-0.1, -0.05) is 18.2 Å². The largest absolute Gasteiger partial charge is 0.478 e. The third-order valence-electron chi connectivity index (χ3n) is 4.43. The highest BCUT2D eigenvalue weighted by molar-refractivity contribution is 5.88. The van der Waals surface area contributed by atoms with Crippen molar-refractivity contribution in [3.63, 3.8) is 0 Å². The van der Waals surface area contributed by atoms with E-state index in [0.29, 0.717) is 23.5 Å². The third-order valence-corrected chi connectivity index (χ3v) is 4.43. The summed E-state index contributed by atoms with van der Waals surface area (Å²) in [7, 11) is 0. The SMILES string of the molecule is O=C(O)c1ccc(Nc2nc(Nc3ccccc3)nc(N3CCCC3)n2)cc1. The third kappa shape index (κ3) is 4.17. The molecule has 8 heteroatoms. The summed E-state index contributed by atoms with van der Waals surface area (Å²) in [6.45, 7) is 1.84. The van der Waals surface area contributed by atoms with Gasteiger partial charge in [0.25, 0.3) is 0 Å². The van der Waals surface area contributed by atoms with Crippen LogP contribution in [-0.4, -0.2) is 39.1 Å². The first kappa shape index (κ1) is 17.7. The number of carboxylic acid groups (broad SMARTS) is 1. The van der Waals surface area contributed by atoms with Gasteiger partial charge in [-0.05, 0) is 49.2 Å². The van der Waals surface area contributed by atoms with Crippen molar-refractivity contribution in [1.82, 2.24) is 15.0 Å². The topological polar surface area (TPSA) is 103 Å². The van der Waals surface area contributed by atoms with Crippen molar-refractivity contribution in [3.8, 4) is 0 Å². The fraction of sp³-hybridized carbons (Fsp3) is 0.200. The fourth-order valence-corrected chi connectivity index (χ4v) is 3.01. The number of hydrogen-bond acceptors (Lipinski definition) is 7. The van der Waals surface area contributed by atoms with Crippen molar-refractivity contribution >= 4 is 35.2 Å². The minimum atomic E-state index is -0.961. The summed E-state index contributed by atoms with van der Waals surface area (Å²) in [5.74, 6) is 0.513. The Morgan fingerprint density at radius 3 is 1.96 bits per heavy atom. The smallest absolute Gasteiger partial charge is 0.335 e. The van der Waals surface area contributed by atoms with Crippen LogP contribution in [0.2, 0.25) is 0 Å². The molecule has 2 aromatic carbocycles. The quantitative estimate of drug-likeness (QED) is 0.599. The molecule has 0 unspecified atom stereocenters. The Morgan fingerprint density at radius 2 is 1.39 bits per heavy atom. The van der Waals surface area contributed by atoms with Crippen LogP contribution in [0.25, 0.3) is 0 Å². The van der Waals surface area contributed by atoms with E-state index in [1.54, 1.807) is 12.1 Å². The Morgan fingerprint density at radius 1 is 0.821 bits per heavy atom. The monoisotopic (exact) mass is 376 g/mol. The highest BCUT2D eigenvalue weighted by atomic mass is 16.4. The van der Waals surface area contributed by atoms with Gasteiger partial charge in [0.15, 0.2) is 0 Å². The summed E-state index contributed by atoms with van der Waals surface area (Å²) in [6, 6.07) is 16.2. The molecule has 1 aromatic heterocycles. The molecule has 8 nitrogen and oxygen atoms in total. The maximum atomic E-state index is 11.0. The molecule has 1 saturated heterocycles. The van der Waals surface area contributed by atoms with E-state index in [2.05, 4.69) is 30.5 Å². The van der Waals surface area contributed by atoms with Crippen LogP contribution in [0.15, 0.2) is 54.6 Å². The zero-order valence-electron chi connectivity index (χ0n) is 15.2. The highest BCUT2D eigenvalue weighted by Crippen LogP contribution is 2.22. The van der Waals surface area contributed by atoms with Gasteiger partial charge >= 0.3 is 5.97 Å². The van der Waals surface area contributed by atoms with E-state index in [-0.39, 0.29) is 5.56 Å². The summed E-state index contributed by atoms with van der Waals surface area (Å²) in [5, 5.41) is 15.4. The van der Waals surface area contributed by atoms with E-state index in [1.165, 1.54) is 12.1 Å². The molecule has 4 rings (SSSR count). The number of rotatable bonds is 6.